The number of nitrogens with one attached hydrogen (secondary N) is 1. The molecule has 1 N–H and O–H groups in total. The Hall–Kier alpha value is -0.830. The van der Waals surface area contributed by atoms with Crippen LogP contribution in [0.1, 0.15) is 51.5 Å². The second-order valence-electron chi connectivity index (χ2n) is 5.43. The predicted molar refractivity (Wildman–Crippen MR) is 89.3 cm³/mol. The first kappa shape index (κ1) is 17.2. The minimum Gasteiger partial charge on any atom is -0.355 e. The van der Waals surface area contributed by atoms with Gasteiger partial charge in [0.2, 0.25) is 5.91 Å². The van der Waals surface area contributed by atoms with Gasteiger partial charge in [0.25, 0.3) is 0 Å². The van der Waals surface area contributed by atoms with Gasteiger partial charge in [0.1, 0.15) is 0 Å². The molecule has 0 heterocycles. The van der Waals surface area contributed by atoms with Gasteiger partial charge in [0, 0.05) is 11.9 Å². The highest BCUT2D eigenvalue weighted by Crippen LogP contribution is 2.28. The lowest BCUT2D eigenvalue weighted by Gasteiger charge is -2.30. The lowest BCUT2D eigenvalue weighted by atomic mass is 9.84. The molecule has 0 aliphatic carbocycles. The number of carbonyl (C=O) groups is 1. The van der Waals surface area contributed by atoms with Gasteiger partial charge in [0.15, 0.2) is 0 Å². The van der Waals surface area contributed by atoms with Crippen LogP contribution in [-0.4, -0.2) is 17.8 Å². The van der Waals surface area contributed by atoms with Crippen LogP contribution < -0.4 is 5.32 Å². The Morgan fingerprint density at radius 1 is 1.20 bits per heavy atom. The molecule has 0 fully saturated rings. The molecule has 1 aromatic rings. The molecule has 1 rings (SSSR count). The molecule has 0 saturated heterocycles. The Bertz CT molecular complexity index is 392. The molecule has 112 valence electrons. The van der Waals surface area contributed by atoms with E-state index in [9.17, 15) is 4.79 Å². The molecule has 0 aliphatic rings. The third kappa shape index (κ3) is 4.34. The highest BCUT2D eigenvalue weighted by Gasteiger charge is 2.27. The molecule has 0 bridgehead atoms. The third-order valence-electron chi connectivity index (χ3n) is 4.35. The minimum absolute atomic E-state index is 0.0436. The summed E-state index contributed by atoms with van der Waals surface area (Å²) in [4.78, 5) is 12.4. The van der Waals surface area contributed by atoms with E-state index in [-0.39, 0.29) is 17.2 Å². The topological polar surface area (TPSA) is 29.1 Å². The van der Waals surface area contributed by atoms with Gasteiger partial charge < -0.3 is 5.32 Å². The van der Waals surface area contributed by atoms with Gasteiger partial charge in [-0.2, -0.15) is 0 Å². The normalized spacial score (nSPS) is 13.0. The molecular weight excluding hydrogens is 314 g/mol. The Morgan fingerprint density at radius 2 is 1.80 bits per heavy atom. The number of benzene rings is 1. The Labute approximate surface area is 131 Å². The second kappa shape index (κ2) is 8.46. The predicted octanol–water partition coefficient (Wildman–Crippen LogP) is 4.50. The summed E-state index contributed by atoms with van der Waals surface area (Å²) in [7, 11) is 0. The number of hydrogen-bond acceptors (Lipinski definition) is 1. The molecule has 0 aromatic heterocycles. The van der Waals surface area contributed by atoms with Crippen LogP contribution in [0.4, 0.5) is 0 Å². The van der Waals surface area contributed by atoms with Crippen LogP contribution in [0, 0.1) is 5.41 Å². The molecular formula is C17H26BrNO. The van der Waals surface area contributed by atoms with Gasteiger partial charge in [-0.25, -0.2) is 0 Å². The average molecular weight is 340 g/mol. The zero-order chi connectivity index (χ0) is 15.0. The minimum atomic E-state index is -0.0436. The maximum atomic E-state index is 12.4. The van der Waals surface area contributed by atoms with Crippen LogP contribution in [0.15, 0.2) is 30.3 Å². The van der Waals surface area contributed by atoms with Gasteiger partial charge >= 0.3 is 0 Å². The number of carbonyl (C=O) groups excluding carboxylic acids is 1. The monoisotopic (exact) mass is 339 g/mol. The van der Waals surface area contributed by atoms with E-state index in [1.54, 1.807) is 0 Å². The largest absolute Gasteiger partial charge is 0.355 e. The highest BCUT2D eigenvalue weighted by atomic mass is 79.9. The molecule has 3 heteroatoms. The highest BCUT2D eigenvalue weighted by molar-refractivity contribution is 9.09. The van der Waals surface area contributed by atoms with Crippen molar-refractivity contribution in [2.24, 2.45) is 5.41 Å². The van der Waals surface area contributed by atoms with E-state index in [0.29, 0.717) is 0 Å². The van der Waals surface area contributed by atoms with Crippen LogP contribution in [0.5, 0.6) is 0 Å². The first-order valence-corrected chi connectivity index (χ1v) is 8.63. The quantitative estimate of drug-likeness (QED) is 0.694. The summed E-state index contributed by atoms with van der Waals surface area (Å²) < 4.78 is 0. The summed E-state index contributed by atoms with van der Waals surface area (Å²) in [5, 5.41) is 4.08. The number of amides is 1. The number of rotatable bonds is 8. The van der Waals surface area contributed by atoms with E-state index in [4.69, 9.17) is 0 Å². The lowest BCUT2D eigenvalue weighted by Crippen LogP contribution is -2.40. The number of hydrogen-bond donors (Lipinski definition) is 1. The molecule has 1 amide bonds. The van der Waals surface area contributed by atoms with Gasteiger partial charge in [-0.1, -0.05) is 67.0 Å². The SMILES string of the molecule is CCC(C(=O)NCC(CC)(CC)CBr)c1ccccc1. The van der Waals surface area contributed by atoms with Crippen LogP contribution in [0.25, 0.3) is 0 Å². The van der Waals surface area contributed by atoms with E-state index in [2.05, 4.69) is 42.0 Å². The Kier molecular flexibility index (Phi) is 7.28. The van der Waals surface area contributed by atoms with Crippen molar-refractivity contribution >= 4 is 21.8 Å². The van der Waals surface area contributed by atoms with E-state index in [1.807, 2.05) is 30.3 Å². The smallest absolute Gasteiger partial charge is 0.227 e. The molecule has 0 spiro atoms. The average Bonchev–Trinajstić information content (AvgIpc) is 2.51. The second-order valence-corrected chi connectivity index (χ2v) is 5.99. The zero-order valence-corrected chi connectivity index (χ0v) is 14.4. The summed E-state index contributed by atoms with van der Waals surface area (Å²) in [6.07, 6.45) is 2.96. The maximum Gasteiger partial charge on any atom is 0.227 e. The number of alkyl halides is 1. The van der Waals surface area contributed by atoms with E-state index in [1.165, 1.54) is 0 Å². The molecule has 1 atom stereocenters. The molecule has 20 heavy (non-hydrogen) atoms. The molecule has 0 saturated carbocycles. The number of halogens is 1. The summed E-state index contributed by atoms with van der Waals surface area (Å²) in [5.74, 6) is 0.101. The van der Waals surface area contributed by atoms with Crippen LogP contribution in [-0.2, 0) is 4.79 Å². The Balaban J connectivity index is 2.69. The molecule has 0 radical (unpaired) electrons. The first-order valence-electron chi connectivity index (χ1n) is 7.51. The van der Waals surface area contributed by atoms with Gasteiger partial charge in [-0.15, -0.1) is 0 Å². The van der Waals surface area contributed by atoms with Crippen molar-refractivity contribution in [3.8, 4) is 0 Å². The summed E-state index contributed by atoms with van der Waals surface area (Å²) in [5.41, 5.74) is 1.27. The van der Waals surface area contributed by atoms with Crippen molar-refractivity contribution in [2.75, 3.05) is 11.9 Å². The fourth-order valence-electron chi connectivity index (χ4n) is 2.39. The fourth-order valence-corrected chi connectivity index (χ4v) is 3.38. The molecule has 1 aromatic carbocycles. The van der Waals surface area contributed by atoms with Crippen molar-refractivity contribution in [3.05, 3.63) is 35.9 Å². The third-order valence-corrected chi connectivity index (χ3v) is 5.54. The molecule has 1 unspecified atom stereocenters. The molecule has 2 nitrogen and oxygen atoms in total. The lowest BCUT2D eigenvalue weighted by molar-refractivity contribution is -0.123. The van der Waals surface area contributed by atoms with E-state index in [0.717, 1.165) is 36.7 Å². The standard InChI is InChI=1S/C17H26BrNO/c1-4-15(14-10-8-7-9-11-14)16(20)19-13-17(5-2,6-3)12-18/h7-11,15H,4-6,12-13H2,1-3H3,(H,19,20). The first-order chi connectivity index (χ1) is 9.62. The van der Waals surface area contributed by atoms with Crippen molar-refractivity contribution in [1.82, 2.24) is 5.32 Å². The van der Waals surface area contributed by atoms with Crippen molar-refractivity contribution < 1.29 is 4.79 Å². The van der Waals surface area contributed by atoms with Crippen molar-refractivity contribution in [3.63, 3.8) is 0 Å². The summed E-state index contributed by atoms with van der Waals surface area (Å²) >= 11 is 3.59. The maximum absolute atomic E-state index is 12.4. The van der Waals surface area contributed by atoms with Gasteiger partial charge in [-0.3, -0.25) is 4.79 Å². The van der Waals surface area contributed by atoms with Crippen LogP contribution in [0.3, 0.4) is 0 Å². The van der Waals surface area contributed by atoms with Gasteiger partial charge in [0.05, 0.1) is 5.92 Å². The van der Waals surface area contributed by atoms with E-state index < -0.39 is 0 Å². The fraction of sp³-hybridized carbons (Fsp3) is 0.588. The van der Waals surface area contributed by atoms with Crippen molar-refractivity contribution in [1.29, 1.82) is 0 Å². The summed E-state index contributed by atoms with van der Waals surface area (Å²) in [6, 6.07) is 10.0. The van der Waals surface area contributed by atoms with Gasteiger partial charge in [-0.05, 0) is 30.2 Å². The van der Waals surface area contributed by atoms with Crippen molar-refractivity contribution in [2.45, 2.75) is 46.0 Å². The van der Waals surface area contributed by atoms with E-state index >= 15 is 0 Å². The Morgan fingerprint density at radius 3 is 2.25 bits per heavy atom. The van der Waals surface area contributed by atoms with Crippen LogP contribution in [0.2, 0.25) is 0 Å². The summed E-state index contributed by atoms with van der Waals surface area (Å²) in [6.45, 7) is 7.18. The zero-order valence-electron chi connectivity index (χ0n) is 12.8. The van der Waals surface area contributed by atoms with Crippen LogP contribution >= 0.6 is 15.9 Å². The molecule has 0 aliphatic heterocycles.